The third kappa shape index (κ3) is 4.58. The van der Waals surface area contributed by atoms with Crippen molar-refractivity contribution >= 4 is 27.7 Å². The Morgan fingerprint density at radius 1 is 1.24 bits per heavy atom. The van der Waals surface area contributed by atoms with Crippen LogP contribution in [-0.4, -0.2) is 60.4 Å². The maximum Gasteiger partial charge on any atom is 0.252 e. The van der Waals surface area contributed by atoms with Crippen molar-refractivity contribution < 1.29 is 14.0 Å². The van der Waals surface area contributed by atoms with E-state index in [4.69, 9.17) is 0 Å². The number of benzene rings is 1. The van der Waals surface area contributed by atoms with E-state index in [1.165, 1.54) is 24.6 Å². The van der Waals surface area contributed by atoms with Crippen molar-refractivity contribution in [2.45, 2.75) is 31.7 Å². The van der Waals surface area contributed by atoms with E-state index in [1.807, 2.05) is 4.90 Å². The molecule has 2 saturated heterocycles. The Bertz CT molecular complexity index is 655. The molecule has 25 heavy (non-hydrogen) atoms. The molecule has 136 valence electrons. The quantitative estimate of drug-likeness (QED) is 0.827. The second kappa shape index (κ2) is 8.27. The van der Waals surface area contributed by atoms with Crippen LogP contribution in [0, 0.1) is 5.82 Å². The topological polar surface area (TPSA) is 52.7 Å². The molecule has 0 bridgehead atoms. The first-order valence-electron chi connectivity index (χ1n) is 8.79. The molecule has 2 aliphatic heterocycles. The zero-order valence-corrected chi connectivity index (χ0v) is 15.7. The van der Waals surface area contributed by atoms with Crippen LogP contribution < -0.4 is 5.32 Å². The fourth-order valence-electron chi connectivity index (χ4n) is 3.64. The molecule has 1 atom stereocenters. The maximum atomic E-state index is 13.3. The van der Waals surface area contributed by atoms with Crippen LogP contribution >= 0.6 is 15.9 Å². The molecule has 0 saturated carbocycles. The van der Waals surface area contributed by atoms with Gasteiger partial charge in [0.25, 0.3) is 5.91 Å². The fourth-order valence-corrected chi connectivity index (χ4v) is 4.07. The number of hydrogen-bond acceptors (Lipinski definition) is 3. The van der Waals surface area contributed by atoms with Crippen molar-refractivity contribution in [2.24, 2.45) is 0 Å². The first-order chi connectivity index (χ1) is 12.0. The predicted octanol–water partition coefficient (Wildman–Crippen LogP) is 2.40. The first kappa shape index (κ1) is 18.3. The molecule has 0 aliphatic carbocycles. The third-order valence-electron chi connectivity index (χ3n) is 4.95. The maximum absolute atomic E-state index is 13.3. The van der Waals surface area contributed by atoms with Gasteiger partial charge < -0.3 is 10.2 Å². The Hall–Kier alpha value is -1.47. The monoisotopic (exact) mass is 411 g/mol. The number of amides is 2. The van der Waals surface area contributed by atoms with Gasteiger partial charge in [-0.25, -0.2) is 4.39 Å². The summed E-state index contributed by atoms with van der Waals surface area (Å²) in [5.41, 5.74) is 0.240. The normalized spacial score (nSPS) is 20.9. The Balaban J connectivity index is 1.49. The molecule has 1 aromatic carbocycles. The summed E-state index contributed by atoms with van der Waals surface area (Å²) >= 11 is 3.24. The van der Waals surface area contributed by atoms with Gasteiger partial charge in [-0.15, -0.1) is 0 Å². The lowest BCUT2D eigenvalue weighted by atomic mass is 10.2. The van der Waals surface area contributed by atoms with Crippen LogP contribution in [0.25, 0.3) is 0 Å². The summed E-state index contributed by atoms with van der Waals surface area (Å²) in [4.78, 5) is 29.0. The van der Waals surface area contributed by atoms with E-state index in [0.29, 0.717) is 10.5 Å². The number of carbonyl (C=O) groups excluding carboxylic acids is 2. The Labute approximate surface area is 155 Å². The molecule has 2 heterocycles. The van der Waals surface area contributed by atoms with Gasteiger partial charge in [0.05, 0.1) is 5.56 Å². The van der Waals surface area contributed by atoms with Crippen molar-refractivity contribution in [3.8, 4) is 0 Å². The largest absolute Gasteiger partial charge is 0.351 e. The Morgan fingerprint density at radius 3 is 2.88 bits per heavy atom. The third-order valence-corrected chi connectivity index (χ3v) is 5.65. The number of carbonyl (C=O) groups is 2. The number of hydrogen-bond donors (Lipinski definition) is 1. The van der Waals surface area contributed by atoms with Crippen LogP contribution in [0.5, 0.6) is 0 Å². The highest BCUT2D eigenvalue weighted by Crippen LogP contribution is 2.21. The highest BCUT2D eigenvalue weighted by molar-refractivity contribution is 9.10. The summed E-state index contributed by atoms with van der Waals surface area (Å²) in [6.07, 6.45) is 3.65. The minimum atomic E-state index is -0.463. The van der Waals surface area contributed by atoms with E-state index in [0.717, 1.165) is 39.0 Å². The van der Waals surface area contributed by atoms with Gasteiger partial charge in [0.15, 0.2) is 0 Å². The van der Waals surface area contributed by atoms with Gasteiger partial charge in [-0.1, -0.05) is 0 Å². The van der Waals surface area contributed by atoms with Crippen LogP contribution in [0.3, 0.4) is 0 Å². The van der Waals surface area contributed by atoms with Gasteiger partial charge in [0.2, 0.25) is 5.91 Å². The van der Waals surface area contributed by atoms with E-state index < -0.39 is 5.82 Å². The second-order valence-corrected chi connectivity index (χ2v) is 7.51. The van der Waals surface area contributed by atoms with E-state index in [-0.39, 0.29) is 30.3 Å². The predicted molar refractivity (Wildman–Crippen MR) is 96.8 cm³/mol. The lowest BCUT2D eigenvalue weighted by Gasteiger charge is -2.25. The lowest BCUT2D eigenvalue weighted by molar-refractivity contribution is -0.131. The van der Waals surface area contributed by atoms with Gasteiger partial charge in [-0.3, -0.25) is 14.5 Å². The van der Waals surface area contributed by atoms with Crippen LogP contribution in [0.15, 0.2) is 22.7 Å². The molecule has 3 rings (SSSR count). The summed E-state index contributed by atoms with van der Waals surface area (Å²) in [5, 5.41) is 2.71. The summed E-state index contributed by atoms with van der Waals surface area (Å²) in [7, 11) is 0. The van der Waals surface area contributed by atoms with E-state index in [9.17, 15) is 14.0 Å². The fraction of sp³-hybridized carbons (Fsp3) is 0.556. The summed E-state index contributed by atoms with van der Waals surface area (Å²) in [5.74, 6) is -0.764. The SMILES string of the molecule is O=C(NCCC(=O)N1CCCN2CCC[C@H]2C1)c1cc(F)ccc1Br. The highest BCUT2D eigenvalue weighted by atomic mass is 79.9. The van der Waals surface area contributed by atoms with Gasteiger partial charge >= 0.3 is 0 Å². The Kier molecular flexibility index (Phi) is 6.06. The Morgan fingerprint density at radius 2 is 2.04 bits per heavy atom. The highest BCUT2D eigenvalue weighted by Gasteiger charge is 2.30. The average molecular weight is 412 g/mol. The lowest BCUT2D eigenvalue weighted by Crippen LogP contribution is -2.40. The molecular weight excluding hydrogens is 389 g/mol. The van der Waals surface area contributed by atoms with E-state index in [2.05, 4.69) is 26.1 Å². The van der Waals surface area contributed by atoms with Crippen LogP contribution in [-0.2, 0) is 4.79 Å². The molecule has 0 aromatic heterocycles. The zero-order valence-electron chi connectivity index (χ0n) is 14.1. The van der Waals surface area contributed by atoms with Crippen molar-refractivity contribution in [2.75, 3.05) is 32.7 Å². The summed E-state index contributed by atoms with van der Waals surface area (Å²) < 4.78 is 13.8. The van der Waals surface area contributed by atoms with Crippen LogP contribution in [0.4, 0.5) is 4.39 Å². The zero-order chi connectivity index (χ0) is 17.8. The van der Waals surface area contributed by atoms with Crippen molar-refractivity contribution in [3.05, 3.63) is 34.1 Å². The van der Waals surface area contributed by atoms with E-state index in [1.54, 1.807) is 0 Å². The second-order valence-electron chi connectivity index (χ2n) is 6.66. The van der Waals surface area contributed by atoms with Crippen LogP contribution in [0.2, 0.25) is 0 Å². The molecule has 0 radical (unpaired) electrons. The molecule has 5 nitrogen and oxygen atoms in total. The number of fused-ring (bicyclic) bond motifs is 1. The molecular formula is C18H23BrFN3O2. The van der Waals surface area contributed by atoms with Gasteiger partial charge in [-0.2, -0.15) is 0 Å². The van der Waals surface area contributed by atoms with Gasteiger partial charge in [0, 0.05) is 43.1 Å². The number of nitrogens with one attached hydrogen (secondary N) is 1. The number of rotatable bonds is 4. The summed E-state index contributed by atoms with van der Waals surface area (Å²) in [6.45, 7) is 4.05. The van der Waals surface area contributed by atoms with Gasteiger partial charge in [0.1, 0.15) is 5.82 Å². The van der Waals surface area contributed by atoms with Crippen molar-refractivity contribution in [1.29, 1.82) is 0 Å². The minimum Gasteiger partial charge on any atom is -0.351 e. The molecule has 2 aliphatic rings. The molecule has 7 heteroatoms. The first-order valence-corrected chi connectivity index (χ1v) is 9.59. The molecule has 1 aromatic rings. The van der Waals surface area contributed by atoms with Crippen molar-refractivity contribution in [3.63, 3.8) is 0 Å². The molecule has 2 amide bonds. The van der Waals surface area contributed by atoms with Crippen molar-refractivity contribution in [1.82, 2.24) is 15.1 Å². The minimum absolute atomic E-state index is 0.0763. The smallest absolute Gasteiger partial charge is 0.252 e. The average Bonchev–Trinajstić information content (AvgIpc) is 2.93. The molecule has 2 fully saturated rings. The molecule has 1 N–H and O–H groups in total. The molecule has 0 spiro atoms. The van der Waals surface area contributed by atoms with Crippen LogP contribution in [0.1, 0.15) is 36.0 Å². The van der Waals surface area contributed by atoms with E-state index >= 15 is 0 Å². The van der Waals surface area contributed by atoms with Gasteiger partial charge in [-0.05, 0) is 59.9 Å². The summed E-state index contributed by atoms with van der Waals surface area (Å²) in [6, 6.07) is 4.46. The molecule has 0 unspecified atom stereocenters. The number of halogens is 2. The number of nitrogens with zero attached hydrogens (tertiary/aromatic N) is 2. The standard InChI is InChI=1S/C18H23BrFN3O2/c19-16-5-4-13(20)11-15(16)18(25)21-7-6-17(24)23-10-2-9-22-8-1-3-14(22)12-23/h4-5,11,14H,1-3,6-10,12H2,(H,21,25)/t14-/m0/s1.